The molecule has 0 unspecified atom stereocenters. The number of rotatable bonds is 8. The number of hydrogen-bond acceptors (Lipinski definition) is 5. The van der Waals surface area contributed by atoms with Crippen LogP contribution in [0.5, 0.6) is 0 Å². The molecule has 0 bridgehead atoms. The van der Waals surface area contributed by atoms with Gasteiger partial charge in [-0.2, -0.15) is 0 Å². The summed E-state index contributed by atoms with van der Waals surface area (Å²) in [6.45, 7) is 3.07. The maximum absolute atomic E-state index is 11.0. The van der Waals surface area contributed by atoms with Crippen molar-refractivity contribution in [2.45, 2.75) is 24.3 Å². The number of carboxylic acid groups (broad SMARTS) is 1. The number of aromatic nitrogens is 2. The van der Waals surface area contributed by atoms with Crippen molar-refractivity contribution in [3.63, 3.8) is 0 Å². The summed E-state index contributed by atoms with van der Waals surface area (Å²) in [6.07, 6.45) is 1.04. The SMILES string of the molecule is CCCN(C)c1cc(-c2ccccc2)nc(SCc2ccc(C(=O)O)cc2)n1. The smallest absolute Gasteiger partial charge is 0.335 e. The van der Waals surface area contributed by atoms with Crippen LogP contribution in [0.4, 0.5) is 5.82 Å². The number of carboxylic acids is 1. The molecule has 28 heavy (non-hydrogen) atoms. The molecule has 0 atom stereocenters. The van der Waals surface area contributed by atoms with E-state index < -0.39 is 5.97 Å². The van der Waals surface area contributed by atoms with E-state index in [-0.39, 0.29) is 0 Å². The molecule has 0 aliphatic rings. The Morgan fingerprint density at radius 1 is 1.07 bits per heavy atom. The average molecular weight is 394 g/mol. The van der Waals surface area contributed by atoms with Gasteiger partial charge < -0.3 is 10.0 Å². The summed E-state index contributed by atoms with van der Waals surface area (Å²) < 4.78 is 0. The summed E-state index contributed by atoms with van der Waals surface area (Å²) in [4.78, 5) is 22.6. The Morgan fingerprint density at radius 2 is 1.79 bits per heavy atom. The molecule has 0 saturated carbocycles. The highest BCUT2D eigenvalue weighted by Crippen LogP contribution is 2.27. The van der Waals surface area contributed by atoms with E-state index in [4.69, 9.17) is 15.1 Å². The van der Waals surface area contributed by atoms with Crippen molar-refractivity contribution in [3.05, 3.63) is 71.8 Å². The van der Waals surface area contributed by atoms with Crippen LogP contribution in [0.3, 0.4) is 0 Å². The third-order valence-corrected chi connectivity index (χ3v) is 5.20. The molecule has 1 heterocycles. The van der Waals surface area contributed by atoms with Gasteiger partial charge in [0.2, 0.25) is 0 Å². The van der Waals surface area contributed by atoms with Crippen LogP contribution in [-0.4, -0.2) is 34.6 Å². The van der Waals surface area contributed by atoms with Crippen molar-refractivity contribution in [2.75, 3.05) is 18.5 Å². The number of nitrogens with zero attached hydrogens (tertiary/aromatic N) is 3. The van der Waals surface area contributed by atoms with E-state index >= 15 is 0 Å². The summed E-state index contributed by atoms with van der Waals surface area (Å²) in [5, 5.41) is 9.73. The lowest BCUT2D eigenvalue weighted by Crippen LogP contribution is -2.19. The van der Waals surface area contributed by atoms with Crippen molar-refractivity contribution < 1.29 is 9.90 Å². The lowest BCUT2D eigenvalue weighted by atomic mass is 10.1. The minimum absolute atomic E-state index is 0.291. The second-order valence-corrected chi connectivity index (χ2v) is 7.41. The molecule has 144 valence electrons. The van der Waals surface area contributed by atoms with Crippen LogP contribution in [0.2, 0.25) is 0 Å². The highest BCUT2D eigenvalue weighted by Gasteiger charge is 2.11. The van der Waals surface area contributed by atoms with E-state index in [9.17, 15) is 4.79 Å². The molecular weight excluding hydrogens is 370 g/mol. The summed E-state index contributed by atoms with van der Waals surface area (Å²) in [5.74, 6) is 0.663. The molecule has 1 N–H and O–H groups in total. The lowest BCUT2D eigenvalue weighted by molar-refractivity contribution is 0.0697. The van der Waals surface area contributed by atoms with Crippen molar-refractivity contribution in [2.24, 2.45) is 0 Å². The second-order valence-electron chi connectivity index (χ2n) is 6.47. The van der Waals surface area contributed by atoms with Crippen LogP contribution in [0.1, 0.15) is 29.3 Å². The van der Waals surface area contributed by atoms with Gasteiger partial charge in [0.05, 0.1) is 11.3 Å². The van der Waals surface area contributed by atoms with Gasteiger partial charge in [-0.1, -0.05) is 61.2 Å². The zero-order chi connectivity index (χ0) is 19.9. The molecule has 2 aromatic carbocycles. The van der Waals surface area contributed by atoms with Crippen molar-refractivity contribution in [3.8, 4) is 11.3 Å². The molecule has 6 heteroatoms. The molecule has 0 radical (unpaired) electrons. The zero-order valence-corrected chi connectivity index (χ0v) is 16.8. The fourth-order valence-electron chi connectivity index (χ4n) is 2.77. The zero-order valence-electron chi connectivity index (χ0n) is 16.0. The highest BCUT2D eigenvalue weighted by atomic mass is 32.2. The quantitative estimate of drug-likeness (QED) is 0.430. The Hall–Kier alpha value is -2.86. The van der Waals surface area contributed by atoms with Gasteiger partial charge in [-0.15, -0.1) is 0 Å². The highest BCUT2D eigenvalue weighted by molar-refractivity contribution is 7.98. The number of hydrogen-bond donors (Lipinski definition) is 1. The number of aromatic carboxylic acids is 1. The third kappa shape index (κ3) is 5.10. The van der Waals surface area contributed by atoms with Gasteiger partial charge in [0, 0.05) is 31.0 Å². The monoisotopic (exact) mass is 393 g/mol. The molecule has 0 saturated heterocycles. The van der Waals surface area contributed by atoms with E-state index in [1.807, 2.05) is 55.6 Å². The van der Waals surface area contributed by atoms with Gasteiger partial charge in [-0.05, 0) is 24.1 Å². The van der Waals surface area contributed by atoms with Gasteiger partial charge >= 0.3 is 5.97 Å². The number of thioether (sulfide) groups is 1. The van der Waals surface area contributed by atoms with Gasteiger partial charge in [-0.3, -0.25) is 0 Å². The first kappa shape index (κ1) is 19.9. The van der Waals surface area contributed by atoms with Gasteiger partial charge in [0.1, 0.15) is 5.82 Å². The Balaban J connectivity index is 1.84. The van der Waals surface area contributed by atoms with Crippen LogP contribution in [0.25, 0.3) is 11.3 Å². The maximum atomic E-state index is 11.0. The largest absolute Gasteiger partial charge is 0.478 e. The van der Waals surface area contributed by atoms with E-state index in [0.29, 0.717) is 16.5 Å². The predicted octanol–water partition coefficient (Wildman–Crippen LogP) is 4.98. The second kappa shape index (κ2) is 9.37. The van der Waals surface area contributed by atoms with Crippen LogP contribution >= 0.6 is 11.8 Å². The number of benzene rings is 2. The first-order chi connectivity index (χ1) is 13.6. The van der Waals surface area contributed by atoms with Crippen LogP contribution in [-0.2, 0) is 5.75 Å². The number of carbonyl (C=O) groups is 1. The minimum atomic E-state index is -0.915. The van der Waals surface area contributed by atoms with Gasteiger partial charge in [0.25, 0.3) is 0 Å². The lowest BCUT2D eigenvalue weighted by Gasteiger charge is -2.18. The fraction of sp³-hybridized carbons (Fsp3) is 0.227. The summed E-state index contributed by atoms with van der Waals surface area (Å²) in [7, 11) is 2.04. The van der Waals surface area contributed by atoms with Crippen molar-refractivity contribution in [1.29, 1.82) is 0 Å². The molecule has 0 fully saturated rings. The first-order valence-electron chi connectivity index (χ1n) is 9.17. The van der Waals surface area contributed by atoms with Crippen molar-refractivity contribution >= 4 is 23.5 Å². The van der Waals surface area contributed by atoms with E-state index in [2.05, 4.69) is 11.8 Å². The Bertz CT molecular complexity index is 930. The third-order valence-electron chi connectivity index (χ3n) is 4.28. The molecule has 0 aliphatic heterocycles. The Kier molecular flexibility index (Phi) is 6.66. The maximum Gasteiger partial charge on any atom is 0.335 e. The minimum Gasteiger partial charge on any atom is -0.478 e. The molecule has 0 spiro atoms. The van der Waals surface area contributed by atoms with E-state index in [1.54, 1.807) is 23.9 Å². The molecule has 1 aromatic heterocycles. The molecule has 5 nitrogen and oxygen atoms in total. The molecular formula is C22H23N3O2S. The fourth-order valence-corrected chi connectivity index (χ4v) is 3.58. The molecule has 0 amide bonds. The van der Waals surface area contributed by atoms with Crippen LogP contribution < -0.4 is 4.90 Å². The summed E-state index contributed by atoms with van der Waals surface area (Å²) >= 11 is 1.55. The molecule has 3 rings (SSSR count). The Morgan fingerprint density at radius 3 is 2.43 bits per heavy atom. The average Bonchev–Trinajstić information content (AvgIpc) is 2.73. The predicted molar refractivity (Wildman–Crippen MR) is 114 cm³/mol. The van der Waals surface area contributed by atoms with Gasteiger partial charge in [0.15, 0.2) is 5.16 Å². The molecule has 0 aliphatic carbocycles. The summed E-state index contributed by atoms with van der Waals surface area (Å²) in [6, 6.07) is 19.0. The standard InChI is InChI=1S/C22H23N3O2S/c1-3-13-25(2)20-14-19(17-7-5-4-6-8-17)23-22(24-20)28-15-16-9-11-18(12-10-16)21(26)27/h4-12,14H,3,13,15H2,1-2H3,(H,26,27). The van der Waals surface area contributed by atoms with Crippen molar-refractivity contribution in [1.82, 2.24) is 9.97 Å². The summed E-state index contributed by atoms with van der Waals surface area (Å²) in [5.41, 5.74) is 3.28. The normalized spacial score (nSPS) is 10.6. The topological polar surface area (TPSA) is 66.3 Å². The van der Waals surface area contributed by atoms with Crippen LogP contribution in [0, 0.1) is 0 Å². The first-order valence-corrected chi connectivity index (χ1v) is 10.2. The number of anilines is 1. The Labute approximate surface area is 169 Å². The molecule has 3 aromatic rings. The van der Waals surface area contributed by atoms with Gasteiger partial charge in [-0.25, -0.2) is 14.8 Å². The van der Waals surface area contributed by atoms with E-state index in [1.165, 1.54) is 0 Å². The van der Waals surface area contributed by atoms with E-state index in [0.717, 1.165) is 35.6 Å². The van der Waals surface area contributed by atoms with Crippen LogP contribution in [0.15, 0.2) is 65.8 Å².